The minimum Gasteiger partial charge on any atom is -0.340 e. The highest BCUT2D eigenvalue weighted by Crippen LogP contribution is 2.30. The number of halogens is 2. The molecule has 0 unspecified atom stereocenters. The van der Waals surface area contributed by atoms with Crippen molar-refractivity contribution < 1.29 is 8.78 Å². The Morgan fingerprint density at radius 3 is 2.62 bits per heavy atom. The van der Waals surface area contributed by atoms with Crippen molar-refractivity contribution in [1.82, 2.24) is 9.97 Å². The summed E-state index contributed by atoms with van der Waals surface area (Å²) in [7, 11) is 0. The molecule has 2 N–H and O–H groups in total. The summed E-state index contributed by atoms with van der Waals surface area (Å²) >= 11 is 0. The third kappa shape index (κ3) is 2.38. The first-order valence-electron chi connectivity index (χ1n) is 7.25. The Bertz CT molecular complexity index is 1140. The lowest BCUT2D eigenvalue weighted by Gasteiger charge is -2.11. The predicted octanol–water partition coefficient (Wildman–Crippen LogP) is 4.10. The van der Waals surface area contributed by atoms with Crippen LogP contribution in [0.2, 0.25) is 0 Å². The number of rotatable bonds is 2. The van der Waals surface area contributed by atoms with Crippen LogP contribution in [0.4, 0.5) is 20.3 Å². The molecule has 0 bridgehead atoms. The monoisotopic (exact) mass is 323 g/mol. The molecule has 0 aliphatic heterocycles. The Hall–Kier alpha value is -3.28. The van der Waals surface area contributed by atoms with Gasteiger partial charge in [-0.3, -0.25) is 4.79 Å². The molecule has 2 aromatic heterocycles. The van der Waals surface area contributed by atoms with Crippen LogP contribution in [0, 0.1) is 11.6 Å². The molecule has 0 spiro atoms. The number of hydrogen-bond acceptors (Lipinski definition) is 3. The zero-order valence-corrected chi connectivity index (χ0v) is 12.3. The molecule has 0 atom stereocenters. The van der Waals surface area contributed by atoms with Crippen molar-refractivity contribution in [3.63, 3.8) is 0 Å². The Morgan fingerprint density at radius 1 is 0.958 bits per heavy atom. The van der Waals surface area contributed by atoms with Crippen LogP contribution < -0.4 is 10.9 Å². The summed E-state index contributed by atoms with van der Waals surface area (Å²) < 4.78 is 27.1. The maximum absolute atomic E-state index is 13.7. The highest BCUT2D eigenvalue weighted by molar-refractivity contribution is 6.10. The van der Waals surface area contributed by atoms with E-state index in [0.29, 0.717) is 33.2 Å². The summed E-state index contributed by atoms with van der Waals surface area (Å²) in [6, 6.07) is 11.7. The fourth-order valence-corrected chi connectivity index (χ4v) is 2.73. The number of aromatic nitrogens is 2. The third-order valence-corrected chi connectivity index (χ3v) is 3.76. The van der Waals surface area contributed by atoms with Crippen molar-refractivity contribution >= 4 is 33.2 Å². The van der Waals surface area contributed by atoms with Crippen molar-refractivity contribution in [2.24, 2.45) is 0 Å². The van der Waals surface area contributed by atoms with Gasteiger partial charge in [0.1, 0.15) is 17.5 Å². The quantitative estimate of drug-likeness (QED) is 0.546. The first-order chi connectivity index (χ1) is 11.6. The first-order valence-corrected chi connectivity index (χ1v) is 7.25. The van der Waals surface area contributed by atoms with Gasteiger partial charge >= 0.3 is 0 Å². The number of hydrogen-bond donors (Lipinski definition) is 2. The lowest BCUT2D eigenvalue weighted by atomic mass is 10.1. The molecule has 0 aliphatic carbocycles. The average Bonchev–Trinajstić information content (AvgIpc) is 2.54. The fraction of sp³-hybridized carbons (Fsp3) is 0. The van der Waals surface area contributed by atoms with E-state index >= 15 is 0 Å². The molecule has 0 fully saturated rings. The standard InChI is InChI=1S/C18H11F2N3O/c19-10-2-1-3-12(8-10)22-17-13-5-4-11(20)9-14(13)16-15(23-17)6-7-21-18(16)24/h1-9H,(H,21,24)(H,22,23). The van der Waals surface area contributed by atoms with Crippen LogP contribution in [0.3, 0.4) is 0 Å². The molecule has 0 saturated carbocycles. The van der Waals surface area contributed by atoms with Crippen molar-refractivity contribution in [3.05, 3.63) is 76.7 Å². The van der Waals surface area contributed by atoms with Crippen molar-refractivity contribution in [3.8, 4) is 0 Å². The summed E-state index contributed by atoms with van der Waals surface area (Å²) in [5, 5.41) is 4.37. The molecule has 2 aromatic carbocycles. The molecule has 4 aromatic rings. The molecular formula is C18H11F2N3O. The topological polar surface area (TPSA) is 57.8 Å². The second-order valence-corrected chi connectivity index (χ2v) is 5.35. The van der Waals surface area contributed by atoms with E-state index in [1.54, 1.807) is 24.3 Å². The first kappa shape index (κ1) is 14.3. The molecule has 24 heavy (non-hydrogen) atoms. The van der Waals surface area contributed by atoms with E-state index in [0.717, 1.165) is 0 Å². The molecule has 4 rings (SSSR count). The minimum atomic E-state index is -0.449. The molecular weight excluding hydrogens is 312 g/mol. The fourth-order valence-electron chi connectivity index (χ4n) is 2.73. The number of fused-ring (bicyclic) bond motifs is 3. The van der Waals surface area contributed by atoms with Gasteiger partial charge in [0, 0.05) is 22.7 Å². The van der Waals surface area contributed by atoms with Gasteiger partial charge in [-0.2, -0.15) is 0 Å². The number of nitrogens with one attached hydrogen (secondary N) is 2. The molecule has 0 amide bonds. The van der Waals surface area contributed by atoms with E-state index in [9.17, 15) is 13.6 Å². The van der Waals surface area contributed by atoms with Crippen LogP contribution in [-0.4, -0.2) is 9.97 Å². The van der Waals surface area contributed by atoms with Crippen LogP contribution in [0.25, 0.3) is 21.7 Å². The second kappa shape index (κ2) is 5.42. The van der Waals surface area contributed by atoms with Gasteiger partial charge in [-0.1, -0.05) is 6.07 Å². The highest BCUT2D eigenvalue weighted by Gasteiger charge is 2.12. The molecule has 0 aliphatic rings. The largest absolute Gasteiger partial charge is 0.340 e. The summed E-state index contributed by atoms with van der Waals surface area (Å²) in [4.78, 5) is 19.1. The van der Waals surface area contributed by atoms with Gasteiger partial charge in [-0.05, 0) is 42.5 Å². The lowest BCUT2D eigenvalue weighted by molar-refractivity contribution is 0.628. The number of pyridine rings is 2. The van der Waals surface area contributed by atoms with Gasteiger partial charge < -0.3 is 10.3 Å². The molecule has 4 nitrogen and oxygen atoms in total. The van der Waals surface area contributed by atoms with Crippen LogP contribution in [0.5, 0.6) is 0 Å². The van der Waals surface area contributed by atoms with E-state index in [1.165, 1.54) is 30.5 Å². The number of benzene rings is 2. The number of nitrogens with zero attached hydrogens (tertiary/aromatic N) is 1. The van der Waals surface area contributed by atoms with E-state index in [1.807, 2.05) is 0 Å². The van der Waals surface area contributed by atoms with Gasteiger partial charge in [0.15, 0.2) is 0 Å². The zero-order chi connectivity index (χ0) is 16.7. The number of aromatic amines is 1. The van der Waals surface area contributed by atoms with E-state index < -0.39 is 5.82 Å². The van der Waals surface area contributed by atoms with E-state index in [2.05, 4.69) is 15.3 Å². The number of H-pyrrole nitrogens is 1. The Labute approximate surface area is 134 Å². The lowest BCUT2D eigenvalue weighted by Crippen LogP contribution is -2.07. The van der Waals surface area contributed by atoms with Gasteiger partial charge in [0.25, 0.3) is 5.56 Å². The van der Waals surface area contributed by atoms with Gasteiger partial charge in [0.2, 0.25) is 0 Å². The Balaban J connectivity index is 2.02. The van der Waals surface area contributed by atoms with Crippen molar-refractivity contribution in [1.29, 1.82) is 0 Å². The third-order valence-electron chi connectivity index (χ3n) is 3.76. The molecule has 2 heterocycles. The molecule has 0 radical (unpaired) electrons. The Morgan fingerprint density at radius 2 is 1.79 bits per heavy atom. The summed E-state index contributed by atoms with van der Waals surface area (Å²) in [6.45, 7) is 0. The Kier molecular flexibility index (Phi) is 3.23. The van der Waals surface area contributed by atoms with Crippen molar-refractivity contribution in [2.45, 2.75) is 0 Å². The second-order valence-electron chi connectivity index (χ2n) is 5.35. The van der Waals surface area contributed by atoms with Crippen molar-refractivity contribution in [2.75, 3.05) is 5.32 Å². The SMILES string of the molecule is O=c1[nH]ccc2nc(Nc3cccc(F)c3)c3ccc(F)cc3c12. The van der Waals surface area contributed by atoms with Gasteiger partial charge in [-0.25, -0.2) is 13.8 Å². The summed E-state index contributed by atoms with van der Waals surface area (Å²) in [6.07, 6.45) is 1.48. The summed E-state index contributed by atoms with van der Waals surface area (Å²) in [5.41, 5.74) is 0.598. The molecule has 118 valence electrons. The molecule has 6 heteroatoms. The van der Waals surface area contributed by atoms with E-state index in [-0.39, 0.29) is 11.4 Å². The zero-order valence-electron chi connectivity index (χ0n) is 12.3. The number of anilines is 2. The van der Waals surface area contributed by atoms with Gasteiger partial charge in [0.05, 0.1) is 10.9 Å². The normalized spacial score (nSPS) is 11.1. The maximum atomic E-state index is 13.7. The van der Waals surface area contributed by atoms with Crippen LogP contribution in [-0.2, 0) is 0 Å². The predicted molar refractivity (Wildman–Crippen MR) is 89.5 cm³/mol. The van der Waals surface area contributed by atoms with Crippen LogP contribution in [0.1, 0.15) is 0 Å². The van der Waals surface area contributed by atoms with E-state index in [4.69, 9.17) is 0 Å². The van der Waals surface area contributed by atoms with Crippen LogP contribution in [0.15, 0.2) is 59.5 Å². The maximum Gasteiger partial charge on any atom is 0.258 e. The summed E-state index contributed by atoms with van der Waals surface area (Å²) in [5.74, 6) is -0.406. The highest BCUT2D eigenvalue weighted by atomic mass is 19.1. The minimum absolute atomic E-state index is 0.316. The van der Waals surface area contributed by atoms with Gasteiger partial charge in [-0.15, -0.1) is 0 Å². The molecule has 0 saturated heterocycles. The van der Waals surface area contributed by atoms with Crippen LogP contribution >= 0.6 is 0 Å². The average molecular weight is 323 g/mol. The smallest absolute Gasteiger partial charge is 0.258 e.